The topological polar surface area (TPSA) is 80.3 Å². The Morgan fingerprint density at radius 3 is 2.47 bits per heavy atom. The minimum atomic E-state index is -4.04. The fraction of sp³-hybridized carbons (Fsp3) is 0.455. The monoisotopic (exact) mass is 434 g/mol. The van der Waals surface area contributed by atoms with Gasteiger partial charge in [0.2, 0.25) is 0 Å². The van der Waals surface area contributed by atoms with Crippen LogP contribution in [0.4, 0.5) is 0 Å². The second-order valence-corrected chi connectivity index (χ2v) is 9.53. The third kappa shape index (κ3) is 4.74. The Morgan fingerprint density at radius 1 is 1.07 bits per heavy atom. The van der Waals surface area contributed by atoms with E-state index in [1.165, 1.54) is 12.1 Å². The van der Waals surface area contributed by atoms with Crippen molar-refractivity contribution in [1.82, 2.24) is 0 Å². The highest BCUT2D eigenvalue weighted by Gasteiger charge is 2.54. The van der Waals surface area contributed by atoms with Gasteiger partial charge in [-0.3, -0.25) is 4.18 Å². The van der Waals surface area contributed by atoms with Gasteiger partial charge < -0.3 is 18.9 Å². The van der Waals surface area contributed by atoms with E-state index < -0.39 is 40.5 Å². The predicted molar refractivity (Wildman–Crippen MR) is 108 cm³/mol. The van der Waals surface area contributed by atoms with Gasteiger partial charge in [-0.2, -0.15) is 8.42 Å². The van der Waals surface area contributed by atoms with E-state index in [0.29, 0.717) is 0 Å². The summed E-state index contributed by atoms with van der Waals surface area (Å²) in [4.78, 5) is 0.0738. The lowest BCUT2D eigenvalue weighted by Gasteiger charge is -2.38. The Balaban J connectivity index is 1.56. The minimum absolute atomic E-state index is 0.0738. The molecule has 0 N–H and O–H groups in total. The van der Waals surface area contributed by atoms with Gasteiger partial charge >= 0.3 is 0 Å². The van der Waals surface area contributed by atoms with Gasteiger partial charge in [-0.1, -0.05) is 48.0 Å². The summed E-state index contributed by atoms with van der Waals surface area (Å²) in [6.45, 7) is 5.94. The van der Waals surface area contributed by atoms with E-state index in [4.69, 9.17) is 23.1 Å². The molecule has 2 fully saturated rings. The molecule has 0 radical (unpaired) electrons. The second kappa shape index (κ2) is 8.37. The minimum Gasteiger partial charge on any atom is -0.348 e. The van der Waals surface area contributed by atoms with E-state index in [2.05, 4.69) is 0 Å². The molecule has 7 nitrogen and oxygen atoms in total. The van der Waals surface area contributed by atoms with E-state index in [1.807, 2.05) is 37.3 Å². The molecular weight excluding hydrogens is 408 g/mol. The lowest BCUT2D eigenvalue weighted by atomic mass is 10.1. The van der Waals surface area contributed by atoms with Crippen molar-refractivity contribution in [2.75, 3.05) is 6.61 Å². The van der Waals surface area contributed by atoms with Crippen LogP contribution in [0.25, 0.3) is 0 Å². The average molecular weight is 435 g/mol. The molecule has 2 aromatic carbocycles. The van der Waals surface area contributed by atoms with E-state index in [1.54, 1.807) is 26.0 Å². The molecule has 4 atom stereocenters. The molecule has 2 aliphatic heterocycles. The van der Waals surface area contributed by atoms with Crippen LogP contribution < -0.4 is 0 Å². The lowest BCUT2D eigenvalue weighted by molar-refractivity contribution is -0.299. The maximum Gasteiger partial charge on any atom is 0.297 e. The predicted octanol–water partition coefficient (Wildman–Crippen LogP) is 3.16. The maximum absolute atomic E-state index is 12.9. The number of ether oxygens (including phenoxy) is 4. The van der Waals surface area contributed by atoms with E-state index in [-0.39, 0.29) is 18.1 Å². The standard InChI is InChI=1S/C22H26O7S/c1-15-9-11-17(12-10-15)30(23,24)29-20-19-18(14-26-22(2,3)28-19)27-21(20)25-13-16-7-5-4-6-8-16/h4-12,18-21H,13-14H2,1-3H3. The highest BCUT2D eigenvalue weighted by molar-refractivity contribution is 7.86. The molecule has 0 bridgehead atoms. The van der Waals surface area contributed by atoms with Crippen molar-refractivity contribution in [3.8, 4) is 0 Å². The average Bonchev–Trinajstić information content (AvgIpc) is 3.03. The first-order valence-electron chi connectivity index (χ1n) is 9.86. The molecule has 2 heterocycles. The van der Waals surface area contributed by atoms with Crippen LogP contribution in [0.1, 0.15) is 25.0 Å². The Morgan fingerprint density at radius 2 is 1.77 bits per heavy atom. The SMILES string of the molecule is Cc1ccc(S(=O)(=O)OC2C(OCc3ccccc3)OC3COC(C)(C)OC32)cc1. The molecule has 30 heavy (non-hydrogen) atoms. The van der Waals surface area contributed by atoms with E-state index in [0.717, 1.165) is 11.1 Å². The number of hydrogen-bond acceptors (Lipinski definition) is 7. The van der Waals surface area contributed by atoms with Crippen molar-refractivity contribution in [1.29, 1.82) is 0 Å². The smallest absolute Gasteiger partial charge is 0.297 e. The largest absolute Gasteiger partial charge is 0.348 e. The molecule has 4 unspecified atom stereocenters. The number of benzene rings is 2. The molecule has 0 spiro atoms. The van der Waals surface area contributed by atoms with Crippen LogP contribution in [0.3, 0.4) is 0 Å². The van der Waals surface area contributed by atoms with Crippen LogP contribution in [0, 0.1) is 6.92 Å². The summed E-state index contributed by atoms with van der Waals surface area (Å²) in [5.41, 5.74) is 1.89. The van der Waals surface area contributed by atoms with Gasteiger partial charge in [0, 0.05) is 0 Å². The summed E-state index contributed by atoms with van der Waals surface area (Å²) in [5.74, 6) is -0.881. The highest BCUT2D eigenvalue weighted by atomic mass is 32.2. The van der Waals surface area contributed by atoms with Crippen LogP contribution in [-0.2, 0) is 39.9 Å². The quantitative estimate of drug-likeness (QED) is 0.646. The normalized spacial score (nSPS) is 28.2. The summed E-state index contributed by atoms with van der Waals surface area (Å²) in [7, 11) is -4.04. The fourth-order valence-corrected chi connectivity index (χ4v) is 4.58. The van der Waals surface area contributed by atoms with Crippen molar-refractivity contribution < 1.29 is 31.5 Å². The molecule has 0 aromatic heterocycles. The van der Waals surface area contributed by atoms with Gasteiger partial charge in [0.25, 0.3) is 10.1 Å². The second-order valence-electron chi connectivity index (χ2n) is 7.96. The summed E-state index contributed by atoms with van der Waals surface area (Å²) >= 11 is 0. The Hall–Kier alpha value is -1.81. The van der Waals surface area contributed by atoms with E-state index in [9.17, 15) is 8.42 Å². The van der Waals surface area contributed by atoms with Crippen LogP contribution in [0.2, 0.25) is 0 Å². The zero-order chi connectivity index (χ0) is 21.4. The third-order valence-electron chi connectivity index (χ3n) is 5.09. The van der Waals surface area contributed by atoms with Crippen LogP contribution >= 0.6 is 0 Å². The first-order valence-corrected chi connectivity index (χ1v) is 11.3. The van der Waals surface area contributed by atoms with Crippen LogP contribution in [-0.4, -0.2) is 45.4 Å². The number of aryl methyl sites for hydroxylation is 1. The molecule has 8 heteroatoms. The molecule has 2 aromatic rings. The zero-order valence-electron chi connectivity index (χ0n) is 17.2. The van der Waals surface area contributed by atoms with E-state index >= 15 is 0 Å². The summed E-state index contributed by atoms with van der Waals surface area (Å²) < 4.78 is 55.0. The van der Waals surface area contributed by atoms with Gasteiger partial charge in [-0.05, 0) is 38.5 Å². The molecule has 162 valence electrons. The fourth-order valence-electron chi connectivity index (χ4n) is 3.51. The number of fused-ring (bicyclic) bond motifs is 1. The van der Waals surface area contributed by atoms with Crippen LogP contribution in [0.15, 0.2) is 59.5 Å². The Kier molecular flexibility index (Phi) is 5.98. The number of hydrogen-bond donors (Lipinski definition) is 0. The third-order valence-corrected chi connectivity index (χ3v) is 6.41. The van der Waals surface area contributed by atoms with Gasteiger partial charge in [0.15, 0.2) is 18.2 Å². The summed E-state index contributed by atoms with van der Waals surface area (Å²) in [6, 6.07) is 16.1. The Labute approximate surface area is 177 Å². The molecule has 4 rings (SSSR count). The van der Waals surface area contributed by atoms with Gasteiger partial charge in [0.1, 0.15) is 12.2 Å². The molecule has 2 saturated heterocycles. The lowest BCUT2D eigenvalue weighted by Crippen LogP contribution is -2.51. The van der Waals surface area contributed by atoms with Crippen molar-refractivity contribution >= 4 is 10.1 Å². The van der Waals surface area contributed by atoms with Gasteiger partial charge in [-0.25, -0.2) is 0 Å². The first kappa shape index (κ1) is 21.4. The Bertz CT molecular complexity index is 957. The van der Waals surface area contributed by atoms with Crippen molar-refractivity contribution in [3.63, 3.8) is 0 Å². The first-order chi connectivity index (χ1) is 14.2. The zero-order valence-corrected chi connectivity index (χ0v) is 18.0. The van der Waals surface area contributed by atoms with Crippen molar-refractivity contribution in [3.05, 3.63) is 65.7 Å². The molecule has 2 aliphatic rings. The number of rotatable bonds is 6. The summed E-state index contributed by atoms with van der Waals surface area (Å²) in [6.07, 6.45) is -3.02. The van der Waals surface area contributed by atoms with Crippen molar-refractivity contribution in [2.24, 2.45) is 0 Å². The molecule has 0 aliphatic carbocycles. The molecule has 0 saturated carbocycles. The van der Waals surface area contributed by atoms with Crippen LogP contribution in [0.5, 0.6) is 0 Å². The maximum atomic E-state index is 12.9. The van der Waals surface area contributed by atoms with Crippen molar-refractivity contribution in [2.45, 2.75) is 62.7 Å². The molecule has 0 amide bonds. The summed E-state index contributed by atoms with van der Waals surface area (Å²) in [5, 5.41) is 0. The highest BCUT2D eigenvalue weighted by Crippen LogP contribution is 2.37. The molecular formula is C22H26O7S. The van der Waals surface area contributed by atoms with Gasteiger partial charge in [0.05, 0.1) is 18.1 Å². The van der Waals surface area contributed by atoms with Gasteiger partial charge in [-0.15, -0.1) is 0 Å².